The van der Waals surface area contributed by atoms with E-state index in [0.717, 1.165) is 16.7 Å². The molecule has 0 amide bonds. The summed E-state index contributed by atoms with van der Waals surface area (Å²) in [7, 11) is -4.92. The van der Waals surface area contributed by atoms with Crippen molar-refractivity contribution in [1.29, 1.82) is 0 Å². The van der Waals surface area contributed by atoms with Gasteiger partial charge in [0.05, 0.1) is 11.0 Å². The molecule has 1 aromatic carbocycles. The Hall–Kier alpha value is -1.43. The first-order valence-electron chi connectivity index (χ1n) is 4.81. The van der Waals surface area contributed by atoms with Gasteiger partial charge < -0.3 is 10.3 Å². The molecular weight excluding hydrogens is 313 g/mol. The first kappa shape index (κ1) is 21.9. The predicted molar refractivity (Wildman–Crippen MR) is 68.4 cm³/mol. The predicted octanol–water partition coefficient (Wildman–Crippen LogP) is -3.40. The summed E-state index contributed by atoms with van der Waals surface area (Å²) in [4.78, 5) is 25.8. The number of aldehydes is 2. The van der Waals surface area contributed by atoms with Crippen LogP contribution in [-0.2, 0) is 20.0 Å². The second-order valence-corrected chi connectivity index (χ2v) is 3.86. The third-order valence-corrected chi connectivity index (χ3v) is 1.55. The van der Waals surface area contributed by atoms with Crippen molar-refractivity contribution < 1.29 is 56.7 Å². The zero-order valence-electron chi connectivity index (χ0n) is 10.9. The van der Waals surface area contributed by atoms with Crippen LogP contribution in [0.3, 0.4) is 0 Å². The molecule has 0 aliphatic rings. The summed E-state index contributed by atoms with van der Waals surface area (Å²) < 4.78 is 32.8. The second kappa shape index (κ2) is 11.3. The number of nitrogen functional groups attached to an aromatic ring is 1. The van der Waals surface area contributed by atoms with E-state index in [2.05, 4.69) is 9.97 Å². The summed E-state index contributed by atoms with van der Waals surface area (Å²) in [6.07, 6.45) is 3.71. The normalized spacial score (nSPS) is 9.05. The zero-order chi connectivity index (χ0) is 15.6. The number of rotatable bonds is 1. The van der Waals surface area contributed by atoms with Gasteiger partial charge in [-0.05, 0) is 18.2 Å². The van der Waals surface area contributed by atoms with Gasteiger partial charge in [0.25, 0.3) is 0 Å². The van der Waals surface area contributed by atoms with Crippen molar-refractivity contribution >= 4 is 39.7 Å². The van der Waals surface area contributed by atoms with Gasteiger partial charge in [0.1, 0.15) is 0 Å². The van der Waals surface area contributed by atoms with Crippen LogP contribution in [0.15, 0.2) is 30.6 Å². The van der Waals surface area contributed by atoms with Crippen molar-refractivity contribution in [3.8, 4) is 0 Å². The Kier molecular flexibility index (Phi) is 11.7. The average molecular weight is 323 g/mol. The van der Waals surface area contributed by atoms with E-state index in [-0.39, 0.29) is 42.1 Å². The molecule has 0 aliphatic heterocycles. The summed E-state index contributed by atoms with van der Waals surface area (Å²) in [5, 5.41) is 0. The monoisotopic (exact) mass is 323 g/mol. The second-order valence-electron chi connectivity index (χ2n) is 3.00. The maximum absolute atomic E-state index is 8.81. The van der Waals surface area contributed by atoms with Gasteiger partial charge in [0, 0.05) is 18.1 Å². The van der Waals surface area contributed by atoms with Crippen LogP contribution in [0, 0.1) is 0 Å². The topological polar surface area (TPSA) is 163 Å². The summed E-state index contributed by atoms with van der Waals surface area (Å²) in [6.45, 7) is 0. The molecule has 0 unspecified atom stereocenters. The fraction of sp³-hybridized carbons (Fsp3) is 0. The van der Waals surface area contributed by atoms with Crippen molar-refractivity contribution in [2.24, 2.45) is 0 Å². The quantitative estimate of drug-likeness (QED) is 0.136. The number of fused-ring (bicyclic) bond motifs is 1. The van der Waals surface area contributed by atoms with Crippen molar-refractivity contribution in [1.82, 2.24) is 9.97 Å². The van der Waals surface area contributed by atoms with Gasteiger partial charge in [-0.3, -0.25) is 24.1 Å². The van der Waals surface area contributed by atoms with Gasteiger partial charge in [0.2, 0.25) is 10.4 Å². The van der Waals surface area contributed by atoms with E-state index in [9.17, 15) is 0 Å². The van der Waals surface area contributed by atoms with Crippen LogP contribution in [0.2, 0.25) is 0 Å². The molecule has 11 heteroatoms. The van der Waals surface area contributed by atoms with Gasteiger partial charge in [-0.1, -0.05) is 0 Å². The minimum atomic E-state index is -4.92. The maximum Gasteiger partial charge on any atom is 1.00 e. The molecule has 108 valence electrons. The summed E-state index contributed by atoms with van der Waals surface area (Å²) in [6, 6.07) is 5.48. The van der Waals surface area contributed by atoms with E-state index in [1.54, 1.807) is 12.4 Å². The average Bonchev–Trinajstić information content (AvgIpc) is 2.37. The molecule has 0 bridgehead atoms. The molecule has 1 aromatic heterocycles. The number of hydrogen-bond donors (Lipinski definition) is 2. The molecule has 2 aromatic rings. The number of aromatic nitrogens is 2. The molecular formula is C10H10N3NaO6S. The largest absolute Gasteiger partial charge is 1.00 e. The number of hydrogen-bond acceptors (Lipinski definition) is 8. The van der Waals surface area contributed by atoms with Crippen molar-refractivity contribution in [2.45, 2.75) is 0 Å². The van der Waals surface area contributed by atoms with Crippen molar-refractivity contribution in [3.63, 3.8) is 0 Å². The zero-order valence-corrected chi connectivity index (χ0v) is 13.7. The van der Waals surface area contributed by atoms with E-state index in [1.165, 1.54) is 0 Å². The third-order valence-electron chi connectivity index (χ3n) is 1.55. The van der Waals surface area contributed by atoms with Gasteiger partial charge in [-0.2, -0.15) is 0 Å². The molecule has 2 rings (SSSR count). The molecule has 1 heterocycles. The fourth-order valence-corrected chi connectivity index (χ4v) is 0.980. The van der Waals surface area contributed by atoms with Crippen LogP contribution in [-0.4, -0.2) is 40.1 Å². The number of carbonyl (C=O) groups is 2. The number of nitrogens with zero attached hydrogens (tertiary/aromatic N) is 2. The van der Waals surface area contributed by atoms with Crippen LogP contribution < -0.4 is 35.3 Å². The van der Waals surface area contributed by atoms with Crippen molar-refractivity contribution in [3.05, 3.63) is 30.6 Å². The van der Waals surface area contributed by atoms with Gasteiger partial charge in [-0.15, -0.1) is 0 Å². The fourth-order valence-electron chi connectivity index (χ4n) is 0.980. The minimum absolute atomic E-state index is 0. The minimum Gasteiger partial charge on any atom is -0.726 e. The van der Waals surface area contributed by atoms with Gasteiger partial charge in [-0.25, -0.2) is 8.42 Å². The standard InChI is InChI=1S/C8H7N3.C2H2O2.Na.H2O4S/c9-6-1-2-7-8(5-6)11-4-3-10-7;3-1-2-4;;1-5(2,3)4/h1-5H,9H2;1-2H;;(H2,1,2,3,4)/q;;+1;/p-1. The molecule has 21 heavy (non-hydrogen) atoms. The van der Waals surface area contributed by atoms with Crippen LogP contribution in [0.4, 0.5) is 5.69 Å². The van der Waals surface area contributed by atoms with E-state index in [1.807, 2.05) is 18.2 Å². The number of nitrogens with two attached hydrogens (primary N) is 1. The molecule has 0 saturated carbocycles. The molecule has 0 atom stereocenters. The van der Waals surface area contributed by atoms with E-state index in [0.29, 0.717) is 0 Å². The Morgan fingerprint density at radius 3 is 1.95 bits per heavy atom. The Morgan fingerprint density at radius 2 is 1.52 bits per heavy atom. The number of carbonyl (C=O) groups excluding carboxylic acids is 2. The van der Waals surface area contributed by atoms with Gasteiger partial charge >= 0.3 is 29.6 Å². The summed E-state index contributed by atoms with van der Waals surface area (Å²) in [5.41, 5.74) is 7.99. The van der Waals surface area contributed by atoms with Crippen LogP contribution in [0.5, 0.6) is 0 Å². The van der Waals surface area contributed by atoms with E-state index in [4.69, 9.17) is 32.8 Å². The van der Waals surface area contributed by atoms with Crippen LogP contribution >= 0.6 is 0 Å². The Labute approximate surface area is 142 Å². The van der Waals surface area contributed by atoms with Gasteiger partial charge in [0.15, 0.2) is 12.6 Å². The van der Waals surface area contributed by atoms with E-state index >= 15 is 0 Å². The third kappa shape index (κ3) is 13.3. The molecule has 0 spiro atoms. The summed E-state index contributed by atoms with van der Waals surface area (Å²) in [5.74, 6) is 0. The number of anilines is 1. The Morgan fingerprint density at radius 1 is 1.10 bits per heavy atom. The molecule has 0 radical (unpaired) electrons. The van der Waals surface area contributed by atoms with Crippen molar-refractivity contribution in [2.75, 3.05) is 5.73 Å². The number of benzene rings is 1. The van der Waals surface area contributed by atoms with E-state index < -0.39 is 10.4 Å². The molecule has 0 saturated heterocycles. The molecule has 3 N–H and O–H groups in total. The first-order valence-corrected chi connectivity index (χ1v) is 6.18. The Balaban J connectivity index is 0. The van der Waals surface area contributed by atoms with Crippen LogP contribution in [0.1, 0.15) is 0 Å². The SMILES string of the molecule is Nc1ccc2nccnc2c1.O=CC=O.O=S(=O)([O-])O.[Na+]. The smallest absolute Gasteiger partial charge is 0.726 e. The summed E-state index contributed by atoms with van der Waals surface area (Å²) >= 11 is 0. The maximum atomic E-state index is 8.81. The molecule has 0 aliphatic carbocycles. The molecule has 0 fully saturated rings. The molecule has 9 nitrogen and oxygen atoms in total. The Bertz CT molecular complexity index is 665. The van der Waals surface area contributed by atoms with Crippen LogP contribution in [0.25, 0.3) is 11.0 Å². The first-order chi connectivity index (χ1) is 9.27.